The van der Waals surface area contributed by atoms with Gasteiger partial charge in [0.2, 0.25) is 0 Å². The van der Waals surface area contributed by atoms with Crippen molar-refractivity contribution in [3.05, 3.63) is 22.5 Å². The van der Waals surface area contributed by atoms with Crippen LogP contribution in [0.3, 0.4) is 0 Å². The van der Waals surface area contributed by atoms with E-state index in [0.717, 1.165) is 0 Å². The fourth-order valence-corrected chi connectivity index (χ4v) is 2.17. The molecule has 0 amide bonds. The molecule has 0 heterocycles. The van der Waals surface area contributed by atoms with Crippen LogP contribution in [0.4, 0.5) is 4.39 Å². The number of carbonyl (C=O) groups is 1. The summed E-state index contributed by atoms with van der Waals surface area (Å²) in [5.41, 5.74) is 1.56. The monoisotopic (exact) mass is 270 g/mol. The summed E-state index contributed by atoms with van der Waals surface area (Å²) in [5.74, 6) is -0.334. The zero-order chi connectivity index (χ0) is 14.6. The first-order valence-corrected chi connectivity index (χ1v) is 6.05. The summed E-state index contributed by atoms with van der Waals surface area (Å²) in [4.78, 5) is 10.5. The molecular weight excluding hydrogens is 251 g/mol. The zero-order valence-corrected chi connectivity index (χ0v) is 11.7. The Hall–Kier alpha value is -1.78. The molecule has 0 fully saturated rings. The summed E-state index contributed by atoms with van der Waals surface area (Å²) in [6.45, 7) is 3.30. The molecule has 0 saturated carbocycles. The number of carboxylic acids is 1. The van der Waals surface area contributed by atoms with E-state index in [1.54, 1.807) is 13.8 Å². The minimum absolute atomic E-state index is 0.0421. The normalized spacial score (nSPS) is 10.4. The third-order valence-electron chi connectivity index (χ3n) is 3.16. The van der Waals surface area contributed by atoms with Crippen molar-refractivity contribution in [2.75, 3.05) is 14.2 Å². The average molecular weight is 270 g/mol. The van der Waals surface area contributed by atoms with E-state index in [1.807, 2.05) is 0 Å². The van der Waals surface area contributed by atoms with Gasteiger partial charge < -0.3 is 14.6 Å². The Kier molecular flexibility index (Phi) is 5.15. The van der Waals surface area contributed by atoms with Crippen molar-refractivity contribution in [1.29, 1.82) is 0 Å². The van der Waals surface area contributed by atoms with Gasteiger partial charge in [0.1, 0.15) is 5.82 Å². The van der Waals surface area contributed by atoms with Gasteiger partial charge in [0, 0.05) is 17.5 Å². The van der Waals surface area contributed by atoms with Crippen LogP contribution in [0.25, 0.3) is 0 Å². The third-order valence-corrected chi connectivity index (χ3v) is 3.16. The van der Waals surface area contributed by atoms with Gasteiger partial charge in [-0.05, 0) is 32.3 Å². The van der Waals surface area contributed by atoms with Crippen LogP contribution in [0.15, 0.2) is 0 Å². The molecule has 1 rings (SSSR count). The third kappa shape index (κ3) is 3.16. The fourth-order valence-electron chi connectivity index (χ4n) is 2.17. The van der Waals surface area contributed by atoms with Crippen molar-refractivity contribution in [1.82, 2.24) is 0 Å². The summed E-state index contributed by atoms with van der Waals surface area (Å²) in [6.07, 6.45) is 0.910. The maximum atomic E-state index is 14.1. The summed E-state index contributed by atoms with van der Waals surface area (Å²) in [7, 11) is 2.95. The van der Waals surface area contributed by atoms with Crippen molar-refractivity contribution in [3.8, 4) is 11.5 Å². The van der Waals surface area contributed by atoms with Gasteiger partial charge in [0.05, 0.1) is 14.2 Å². The van der Waals surface area contributed by atoms with Gasteiger partial charge in [-0.2, -0.15) is 0 Å². The molecule has 1 aromatic carbocycles. The van der Waals surface area contributed by atoms with Gasteiger partial charge in [0.25, 0.3) is 0 Å². The number of benzene rings is 1. The first-order chi connectivity index (χ1) is 8.93. The Morgan fingerprint density at radius 3 is 2.21 bits per heavy atom. The van der Waals surface area contributed by atoms with Crippen molar-refractivity contribution in [2.24, 2.45) is 0 Å². The summed E-state index contributed by atoms with van der Waals surface area (Å²) >= 11 is 0. The summed E-state index contributed by atoms with van der Waals surface area (Å²) in [5, 5.41) is 8.66. The number of aliphatic carboxylic acids is 1. The van der Waals surface area contributed by atoms with Gasteiger partial charge in [-0.1, -0.05) is 0 Å². The minimum atomic E-state index is -0.865. The Morgan fingerprint density at radius 1 is 1.16 bits per heavy atom. The fraction of sp³-hybridized carbons (Fsp3) is 0.500. The molecule has 0 radical (unpaired) electrons. The lowest BCUT2D eigenvalue weighted by Crippen LogP contribution is -2.05. The Morgan fingerprint density at radius 2 is 1.74 bits per heavy atom. The highest BCUT2D eigenvalue weighted by Gasteiger charge is 2.21. The molecule has 1 N–H and O–H groups in total. The van der Waals surface area contributed by atoms with Crippen LogP contribution >= 0.6 is 0 Å². The Balaban J connectivity index is 3.20. The van der Waals surface area contributed by atoms with Gasteiger partial charge in [-0.15, -0.1) is 0 Å². The Labute approximate surface area is 112 Å². The number of methoxy groups -OCH3 is 2. The minimum Gasteiger partial charge on any atom is -0.493 e. The van der Waals surface area contributed by atoms with Crippen LogP contribution in [0.1, 0.15) is 29.5 Å². The van der Waals surface area contributed by atoms with E-state index in [9.17, 15) is 9.18 Å². The number of hydrogen-bond donors (Lipinski definition) is 1. The highest BCUT2D eigenvalue weighted by Crippen LogP contribution is 2.39. The number of carboxylic acid groups (broad SMARTS) is 1. The second kappa shape index (κ2) is 6.41. The van der Waals surface area contributed by atoms with Crippen LogP contribution in [-0.2, 0) is 11.2 Å². The lowest BCUT2D eigenvalue weighted by Gasteiger charge is -2.18. The Bertz CT molecular complexity index is 483. The molecule has 1 aromatic rings. The van der Waals surface area contributed by atoms with E-state index in [4.69, 9.17) is 14.6 Å². The molecule has 0 aliphatic rings. The maximum absolute atomic E-state index is 14.1. The molecule has 106 valence electrons. The van der Waals surface area contributed by atoms with Crippen LogP contribution in [0, 0.1) is 19.7 Å². The number of rotatable bonds is 6. The van der Waals surface area contributed by atoms with Gasteiger partial charge in [-0.25, -0.2) is 4.39 Å². The van der Waals surface area contributed by atoms with E-state index < -0.39 is 5.97 Å². The molecule has 0 aliphatic carbocycles. The summed E-state index contributed by atoms with van der Waals surface area (Å²) < 4.78 is 24.6. The molecule has 0 saturated heterocycles. The predicted molar refractivity (Wildman–Crippen MR) is 69.6 cm³/mol. The van der Waals surface area contributed by atoms with Crippen molar-refractivity contribution in [2.45, 2.75) is 33.1 Å². The standard InChI is InChI=1S/C14H19FO4/c1-8-10(6-5-7-11(16)17)14(19-4)13(18-3)9(2)12(8)15/h5-7H2,1-4H3,(H,16,17). The average Bonchev–Trinajstić information content (AvgIpc) is 2.37. The van der Waals surface area contributed by atoms with E-state index in [-0.39, 0.29) is 12.2 Å². The highest BCUT2D eigenvalue weighted by atomic mass is 19.1. The van der Waals surface area contributed by atoms with Crippen molar-refractivity contribution < 1.29 is 23.8 Å². The van der Waals surface area contributed by atoms with Gasteiger partial charge >= 0.3 is 5.97 Å². The lowest BCUT2D eigenvalue weighted by molar-refractivity contribution is -0.137. The molecule has 0 spiro atoms. The molecule has 0 unspecified atom stereocenters. The summed E-state index contributed by atoms with van der Waals surface area (Å²) in [6, 6.07) is 0. The van der Waals surface area contributed by atoms with E-state index in [1.165, 1.54) is 14.2 Å². The first kappa shape index (κ1) is 15.3. The quantitative estimate of drug-likeness (QED) is 0.863. The topological polar surface area (TPSA) is 55.8 Å². The van der Waals surface area contributed by atoms with Crippen LogP contribution < -0.4 is 9.47 Å². The van der Waals surface area contributed by atoms with Gasteiger partial charge in [0.15, 0.2) is 11.5 Å². The van der Waals surface area contributed by atoms with Gasteiger partial charge in [-0.3, -0.25) is 4.79 Å². The highest BCUT2D eigenvalue weighted by molar-refractivity contribution is 5.66. The molecule has 5 heteroatoms. The second-order valence-electron chi connectivity index (χ2n) is 4.36. The molecular formula is C14H19FO4. The SMILES string of the molecule is COc1c(C)c(F)c(C)c(CCCC(=O)O)c1OC. The number of ether oxygens (including phenoxy) is 2. The maximum Gasteiger partial charge on any atom is 0.303 e. The van der Waals surface area contributed by atoms with E-state index in [2.05, 4.69) is 0 Å². The van der Waals surface area contributed by atoms with E-state index in [0.29, 0.717) is 41.0 Å². The molecule has 0 aromatic heterocycles. The van der Waals surface area contributed by atoms with E-state index >= 15 is 0 Å². The molecule has 4 nitrogen and oxygen atoms in total. The van der Waals surface area contributed by atoms with Crippen molar-refractivity contribution in [3.63, 3.8) is 0 Å². The largest absolute Gasteiger partial charge is 0.493 e. The molecule has 19 heavy (non-hydrogen) atoms. The van der Waals surface area contributed by atoms with Crippen molar-refractivity contribution >= 4 is 5.97 Å². The lowest BCUT2D eigenvalue weighted by atomic mass is 9.97. The van der Waals surface area contributed by atoms with Crippen LogP contribution in [-0.4, -0.2) is 25.3 Å². The molecule has 0 bridgehead atoms. The van der Waals surface area contributed by atoms with Crippen LogP contribution in [0.5, 0.6) is 11.5 Å². The zero-order valence-electron chi connectivity index (χ0n) is 11.7. The predicted octanol–water partition coefficient (Wildman–Crippen LogP) is 2.87. The smallest absolute Gasteiger partial charge is 0.303 e. The van der Waals surface area contributed by atoms with Crippen LogP contribution in [0.2, 0.25) is 0 Å². The first-order valence-electron chi connectivity index (χ1n) is 6.05. The second-order valence-corrected chi connectivity index (χ2v) is 4.36. The number of hydrogen-bond acceptors (Lipinski definition) is 3. The molecule has 0 atom stereocenters. The number of halogens is 1. The molecule has 0 aliphatic heterocycles.